The molecule has 0 atom stereocenters. The molecule has 0 saturated carbocycles. The van der Waals surface area contributed by atoms with Crippen LogP contribution in [0.5, 0.6) is 5.75 Å². The maximum absolute atomic E-state index is 12.4. The lowest BCUT2D eigenvalue weighted by atomic mass is 10.1. The minimum atomic E-state index is -0.297. The normalized spacial score (nSPS) is 10.8. The number of rotatable bonds is 5. The molecule has 0 spiro atoms. The first-order chi connectivity index (χ1) is 15.0. The Kier molecular flexibility index (Phi) is 5.92. The molecule has 10 heteroatoms. The molecule has 1 amide bonds. The third-order valence-corrected chi connectivity index (χ3v) is 5.84. The predicted molar refractivity (Wildman–Crippen MR) is 125 cm³/mol. The fourth-order valence-electron chi connectivity index (χ4n) is 2.96. The fourth-order valence-corrected chi connectivity index (χ4v) is 4.01. The molecule has 2 aromatic carbocycles. The molecule has 0 unspecified atom stereocenters. The number of methoxy groups -OCH3 is 1. The number of nitrogens with zero attached hydrogens (tertiary/aromatic N) is 4. The van der Waals surface area contributed by atoms with Gasteiger partial charge in [-0.05, 0) is 55.0 Å². The number of hydrogen-bond acceptors (Lipinski definition) is 7. The number of thiocarbonyl (C=S) groups is 1. The highest BCUT2D eigenvalue weighted by molar-refractivity contribution is 7.80. The van der Waals surface area contributed by atoms with E-state index in [0.29, 0.717) is 11.3 Å². The van der Waals surface area contributed by atoms with Crippen molar-refractivity contribution >= 4 is 45.2 Å². The van der Waals surface area contributed by atoms with Crippen LogP contribution in [0, 0.1) is 6.92 Å². The summed E-state index contributed by atoms with van der Waals surface area (Å²) in [6.07, 6.45) is 0.757. The van der Waals surface area contributed by atoms with Crippen molar-refractivity contribution in [3.05, 3.63) is 59.4 Å². The van der Waals surface area contributed by atoms with Crippen LogP contribution in [0.3, 0.4) is 0 Å². The van der Waals surface area contributed by atoms with Gasteiger partial charge in [-0.15, -0.1) is 10.2 Å². The molecule has 2 heterocycles. The van der Waals surface area contributed by atoms with E-state index >= 15 is 0 Å². The number of aryl methyl sites for hydroxylation is 2. The van der Waals surface area contributed by atoms with Crippen molar-refractivity contribution in [2.45, 2.75) is 20.3 Å². The maximum atomic E-state index is 12.4. The van der Waals surface area contributed by atoms with Gasteiger partial charge in [-0.25, -0.2) is 0 Å². The Balaban J connectivity index is 1.50. The van der Waals surface area contributed by atoms with Crippen LogP contribution in [-0.2, 0) is 6.42 Å². The minimum absolute atomic E-state index is 0.215. The van der Waals surface area contributed by atoms with Gasteiger partial charge in [0.05, 0.1) is 7.11 Å². The van der Waals surface area contributed by atoms with E-state index in [2.05, 4.69) is 25.9 Å². The van der Waals surface area contributed by atoms with Gasteiger partial charge in [0.25, 0.3) is 5.91 Å². The molecule has 0 radical (unpaired) electrons. The molecular weight excluding hydrogens is 432 g/mol. The number of aromatic nitrogens is 4. The molecule has 0 aliphatic carbocycles. The third kappa shape index (κ3) is 4.39. The third-order valence-electron chi connectivity index (χ3n) is 4.68. The molecule has 0 aliphatic rings. The summed E-state index contributed by atoms with van der Waals surface area (Å²) < 4.78 is 6.88. The summed E-state index contributed by atoms with van der Waals surface area (Å²) >= 11 is 6.82. The molecule has 0 bridgehead atoms. The molecule has 4 rings (SSSR count). The van der Waals surface area contributed by atoms with Crippen LogP contribution in [0.25, 0.3) is 15.5 Å². The molecular formula is C21H20N6O2S2. The topological polar surface area (TPSA) is 93.4 Å². The molecule has 31 heavy (non-hydrogen) atoms. The molecule has 4 aromatic rings. The Morgan fingerprint density at radius 2 is 1.97 bits per heavy atom. The van der Waals surface area contributed by atoms with Crippen molar-refractivity contribution < 1.29 is 9.53 Å². The molecule has 158 valence electrons. The molecule has 0 aliphatic heterocycles. The van der Waals surface area contributed by atoms with Crippen LogP contribution in [0.15, 0.2) is 42.5 Å². The fraction of sp³-hybridized carbons (Fsp3) is 0.190. The monoisotopic (exact) mass is 452 g/mol. The van der Waals surface area contributed by atoms with Crippen molar-refractivity contribution in [3.63, 3.8) is 0 Å². The molecule has 2 aromatic heterocycles. The number of carbonyl (C=O) groups is 1. The van der Waals surface area contributed by atoms with Gasteiger partial charge in [-0.1, -0.05) is 30.4 Å². The van der Waals surface area contributed by atoms with E-state index in [1.807, 2.05) is 32.0 Å². The minimum Gasteiger partial charge on any atom is -0.497 e. The first-order valence-corrected chi connectivity index (χ1v) is 10.8. The lowest BCUT2D eigenvalue weighted by molar-refractivity contribution is 0.0977. The van der Waals surface area contributed by atoms with Gasteiger partial charge in [-0.2, -0.15) is 9.61 Å². The van der Waals surface area contributed by atoms with Crippen molar-refractivity contribution in [2.24, 2.45) is 0 Å². The lowest BCUT2D eigenvalue weighted by Gasteiger charge is -2.13. The van der Waals surface area contributed by atoms with E-state index in [9.17, 15) is 4.79 Å². The highest BCUT2D eigenvalue weighted by atomic mass is 32.1. The van der Waals surface area contributed by atoms with E-state index in [-0.39, 0.29) is 11.0 Å². The van der Waals surface area contributed by atoms with Gasteiger partial charge in [0.1, 0.15) is 10.8 Å². The van der Waals surface area contributed by atoms with Crippen molar-refractivity contribution in [3.8, 4) is 16.3 Å². The number of anilines is 1. The van der Waals surface area contributed by atoms with Gasteiger partial charge in [0.2, 0.25) is 4.96 Å². The smallest absolute Gasteiger partial charge is 0.257 e. The summed E-state index contributed by atoms with van der Waals surface area (Å²) in [6.45, 7) is 3.98. The summed E-state index contributed by atoms with van der Waals surface area (Å²) in [5, 5.41) is 19.8. The Hall–Kier alpha value is -3.37. The first-order valence-electron chi connectivity index (χ1n) is 9.57. The second-order valence-electron chi connectivity index (χ2n) is 6.74. The number of ether oxygens (including phenoxy) is 1. The standard InChI is InChI=1S/C21H20N6O2S2/c1-4-17-24-25-21-27(17)26-19(31-21)14-6-5-12(2)16(11-14)22-20(30)23-18(28)13-7-9-15(29-3)10-8-13/h5-11H,4H2,1-3H3,(H2,22,23,28,30). The summed E-state index contributed by atoms with van der Waals surface area (Å²) in [6, 6.07) is 12.7. The Morgan fingerprint density at radius 1 is 1.19 bits per heavy atom. The number of carbonyl (C=O) groups excluding carboxylic acids is 1. The van der Waals surface area contributed by atoms with Gasteiger partial charge in [0.15, 0.2) is 10.9 Å². The quantitative estimate of drug-likeness (QED) is 0.444. The second-order valence-corrected chi connectivity index (χ2v) is 8.10. The van der Waals surface area contributed by atoms with E-state index in [1.165, 1.54) is 11.3 Å². The average molecular weight is 453 g/mol. The SMILES string of the molecule is CCc1nnc2sc(-c3ccc(C)c(NC(=S)NC(=O)c4ccc(OC)cc4)c3)nn12. The number of hydrogen-bond donors (Lipinski definition) is 2. The molecule has 2 N–H and O–H groups in total. The molecule has 0 saturated heterocycles. The Labute approximate surface area is 188 Å². The highest BCUT2D eigenvalue weighted by Gasteiger charge is 2.14. The Bertz CT molecular complexity index is 1260. The van der Waals surface area contributed by atoms with Crippen LogP contribution in [0.4, 0.5) is 5.69 Å². The maximum Gasteiger partial charge on any atom is 0.257 e. The zero-order chi connectivity index (χ0) is 22.0. The van der Waals surface area contributed by atoms with Crippen LogP contribution < -0.4 is 15.4 Å². The van der Waals surface area contributed by atoms with Crippen LogP contribution >= 0.6 is 23.6 Å². The van der Waals surface area contributed by atoms with Crippen LogP contribution in [-0.4, -0.2) is 37.9 Å². The van der Waals surface area contributed by atoms with E-state index in [0.717, 1.165) is 39.0 Å². The summed E-state index contributed by atoms with van der Waals surface area (Å²) in [5.74, 6) is 1.21. The van der Waals surface area contributed by atoms with E-state index in [4.69, 9.17) is 17.0 Å². The second kappa shape index (κ2) is 8.78. The molecule has 0 fully saturated rings. The Morgan fingerprint density at radius 3 is 2.68 bits per heavy atom. The number of amides is 1. The van der Waals surface area contributed by atoms with Gasteiger partial charge < -0.3 is 10.1 Å². The highest BCUT2D eigenvalue weighted by Crippen LogP contribution is 2.29. The summed E-state index contributed by atoms with van der Waals surface area (Å²) in [5.41, 5.74) is 3.19. The zero-order valence-electron chi connectivity index (χ0n) is 17.2. The van der Waals surface area contributed by atoms with Crippen LogP contribution in [0.1, 0.15) is 28.7 Å². The van der Waals surface area contributed by atoms with Gasteiger partial charge >= 0.3 is 0 Å². The summed E-state index contributed by atoms with van der Waals surface area (Å²) in [4.78, 5) is 13.2. The molecule has 8 nitrogen and oxygen atoms in total. The van der Waals surface area contributed by atoms with Crippen molar-refractivity contribution in [1.29, 1.82) is 0 Å². The predicted octanol–water partition coefficient (Wildman–Crippen LogP) is 3.86. The lowest BCUT2D eigenvalue weighted by Crippen LogP contribution is -2.34. The summed E-state index contributed by atoms with van der Waals surface area (Å²) in [7, 11) is 1.58. The number of fused-ring (bicyclic) bond motifs is 1. The first kappa shape index (κ1) is 20.9. The number of nitrogens with one attached hydrogen (secondary N) is 2. The average Bonchev–Trinajstić information content (AvgIpc) is 3.36. The largest absolute Gasteiger partial charge is 0.497 e. The number of benzene rings is 2. The van der Waals surface area contributed by atoms with E-state index < -0.39 is 0 Å². The van der Waals surface area contributed by atoms with Crippen molar-refractivity contribution in [1.82, 2.24) is 25.1 Å². The van der Waals surface area contributed by atoms with Gasteiger partial charge in [0, 0.05) is 23.2 Å². The van der Waals surface area contributed by atoms with Crippen LogP contribution in [0.2, 0.25) is 0 Å². The van der Waals surface area contributed by atoms with E-state index in [1.54, 1.807) is 35.9 Å². The van der Waals surface area contributed by atoms with Gasteiger partial charge in [-0.3, -0.25) is 10.1 Å². The zero-order valence-corrected chi connectivity index (χ0v) is 18.8. The van der Waals surface area contributed by atoms with Crippen molar-refractivity contribution in [2.75, 3.05) is 12.4 Å².